The number of ketones is 1. The average molecular weight is 412 g/mol. The van der Waals surface area contributed by atoms with Gasteiger partial charge in [-0.05, 0) is 49.1 Å². The van der Waals surface area contributed by atoms with Crippen molar-refractivity contribution >= 4 is 5.78 Å². The van der Waals surface area contributed by atoms with Crippen molar-refractivity contribution in [3.8, 4) is 11.5 Å². The maximum absolute atomic E-state index is 13.7. The minimum absolute atomic E-state index is 0.0328. The van der Waals surface area contributed by atoms with E-state index in [4.69, 9.17) is 10.2 Å². The van der Waals surface area contributed by atoms with Gasteiger partial charge in [-0.3, -0.25) is 4.79 Å². The smallest absolute Gasteiger partial charge is 0.192 e. The number of nitrogens with two attached hydrogens (primary N) is 1. The first-order chi connectivity index (χ1) is 14.3. The Hall–Kier alpha value is -3.00. The Morgan fingerprint density at radius 3 is 2.77 bits per heavy atom. The third-order valence-corrected chi connectivity index (χ3v) is 5.48. The van der Waals surface area contributed by atoms with Crippen LogP contribution in [0.15, 0.2) is 28.8 Å². The Balaban J connectivity index is 1.44. The van der Waals surface area contributed by atoms with Gasteiger partial charge in [-0.25, -0.2) is 23.7 Å². The van der Waals surface area contributed by atoms with Crippen molar-refractivity contribution in [1.82, 2.24) is 15.0 Å². The van der Waals surface area contributed by atoms with Crippen LogP contribution in [-0.4, -0.2) is 26.8 Å². The molecule has 0 fully saturated rings. The highest BCUT2D eigenvalue weighted by molar-refractivity contribution is 5.81. The van der Waals surface area contributed by atoms with Gasteiger partial charge in [0.2, 0.25) is 0 Å². The molecular weight excluding hydrogens is 390 g/mol. The van der Waals surface area contributed by atoms with E-state index < -0.39 is 17.7 Å². The van der Waals surface area contributed by atoms with Crippen LogP contribution < -0.4 is 5.73 Å². The van der Waals surface area contributed by atoms with Gasteiger partial charge >= 0.3 is 0 Å². The Kier molecular flexibility index (Phi) is 5.42. The van der Waals surface area contributed by atoms with Crippen LogP contribution in [0.5, 0.6) is 0 Å². The molecule has 6 nitrogen and oxygen atoms in total. The molecule has 156 valence electrons. The SMILES string of the molecule is Cc1nc(C)c(-c2ccnc(CC(=O)CC(N)C3CCc4cc(F)c(F)cc43)n2)o1. The number of halogens is 2. The van der Waals surface area contributed by atoms with Gasteiger partial charge in [-0.15, -0.1) is 0 Å². The van der Waals surface area contributed by atoms with Crippen LogP contribution in [0, 0.1) is 25.5 Å². The molecule has 1 aliphatic carbocycles. The van der Waals surface area contributed by atoms with Crippen LogP contribution >= 0.6 is 0 Å². The summed E-state index contributed by atoms with van der Waals surface area (Å²) in [7, 11) is 0. The molecule has 1 aromatic carbocycles. The number of nitrogens with zero attached hydrogens (tertiary/aromatic N) is 3. The molecule has 2 atom stereocenters. The molecule has 2 heterocycles. The molecule has 0 radical (unpaired) electrons. The summed E-state index contributed by atoms with van der Waals surface area (Å²) in [4.78, 5) is 25.4. The topological polar surface area (TPSA) is 94.9 Å². The van der Waals surface area contributed by atoms with E-state index >= 15 is 0 Å². The highest BCUT2D eigenvalue weighted by atomic mass is 19.2. The molecule has 30 heavy (non-hydrogen) atoms. The lowest BCUT2D eigenvalue weighted by Gasteiger charge is -2.19. The predicted molar refractivity (Wildman–Crippen MR) is 106 cm³/mol. The number of fused-ring (bicyclic) bond motifs is 1. The van der Waals surface area contributed by atoms with Crippen LogP contribution in [0.25, 0.3) is 11.5 Å². The zero-order valence-electron chi connectivity index (χ0n) is 16.8. The minimum atomic E-state index is -0.887. The summed E-state index contributed by atoms with van der Waals surface area (Å²) in [6.45, 7) is 3.58. The fraction of sp³-hybridized carbons (Fsp3) is 0.364. The number of benzene rings is 1. The summed E-state index contributed by atoms with van der Waals surface area (Å²) in [5.41, 5.74) is 9.02. The summed E-state index contributed by atoms with van der Waals surface area (Å²) in [6.07, 6.45) is 3.01. The Morgan fingerprint density at radius 2 is 2.03 bits per heavy atom. The number of aryl methyl sites for hydroxylation is 3. The van der Waals surface area contributed by atoms with Gasteiger partial charge in [-0.2, -0.15) is 0 Å². The normalized spacial score (nSPS) is 16.5. The zero-order valence-corrected chi connectivity index (χ0v) is 16.8. The number of carbonyl (C=O) groups is 1. The first kappa shape index (κ1) is 20.3. The molecule has 2 unspecified atom stereocenters. The van der Waals surface area contributed by atoms with Gasteiger partial charge in [-0.1, -0.05) is 0 Å². The number of aromatic nitrogens is 3. The van der Waals surface area contributed by atoms with E-state index in [1.165, 1.54) is 12.1 Å². The van der Waals surface area contributed by atoms with Crippen LogP contribution in [0.2, 0.25) is 0 Å². The van der Waals surface area contributed by atoms with E-state index in [0.717, 1.165) is 5.56 Å². The highest BCUT2D eigenvalue weighted by Crippen LogP contribution is 2.37. The molecule has 3 aromatic rings. The van der Waals surface area contributed by atoms with Crippen LogP contribution in [0.3, 0.4) is 0 Å². The number of carbonyl (C=O) groups excluding carboxylic acids is 1. The maximum Gasteiger partial charge on any atom is 0.192 e. The fourth-order valence-corrected chi connectivity index (χ4v) is 4.11. The number of hydrogen-bond acceptors (Lipinski definition) is 6. The summed E-state index contributed by atoms with van der Waals surface area (Å²) in [5, 5.41) is 0. The molecule has 2 aromatic heterocycles. The van der Waals surface area contributed by atoms with Crippen molar-refractivity contribution < 1.29 is 18.0 Å². The molecule has 0 bridgehead atoms. The molecule has 4 rings (SSSR count). The fourth-order valence-electron chi connectivity index (χ4n) is 4.11. The molecule has 0 saturated carbocycles. The quantitative estimate of drug-likeness (QED) is 0.665. The van der Waals surface area contributed by atoms with Crippen molar-refractivity contribution in [2.45, 2.75) is 51.5 Å². The minimum Gasteiger partial charge on any atom is -0.439 e. The summed E-state index contributed by atoms with van der Waals surface area (Å²) < 4.78 is 32.7. The standard InChI is InChI=1S/C22H22F2N4O2/c1-11-22(30-12(2)27-11)20-5-6-26-21(28-20)9-14(29)8-19(25)15-4-3-13-7-17(23)18(24)10-16(13)15/h5-7,10,15,19H,3-4,8-9,25H2,1-2H3. The van der Waals surface area contributed by atoms with Crippen molar-refractivity contribution in [2.75, 3.05) is 0 Å². The average Bonchev–Trinajstić information content (AvgIpc) is 3.24. The van der Waals surface area contributed by atoms with E-state index in [2.05, 4.69) is 15.0 Å². The van der Waals surface area contributed by atoms with Gasteiger partial charge in [0, 0.05) is 31.5 Å². The lowest BCUT2D eigenvalue weighted by atomic mass is 9.90. The van der Waals surface area contributed by atoms with Crippen molar-refractivity contribution in [3.63, 3.8) is 0 Å². The monoisotopic (exact) mass is 412 g/mol. The largest absolute Gasteiger partial charge is 0.439 e. The maximum atomic E-state index is 13.7. The molecule has 0 amide bonds. The molecular formula is C22H22F2N4O2. The zero-order chi connectivity index (χ0) is 21.4. The third kappa shape index (κ3) is 4.00. The summed E-state index contributed by atoms with van der Waals surface area (Å²) in [6, 6.07) is 3.66. The number of oxazole rings is 1. The molecule has 0 spiro atoms. The molecule has 0 aliphatic heterocycles. The molecule has 1 aliphatic rings. The van der Waals surface area contributed by atoms with Gasteiger partial charge in [0.05, 0.1) is 12.1 Å². The summed E-state index contributed by atoms with van der Waals surface area (Å²) >= 11 is 0. The van der Waals surface area contributed by atoms with E-state index in [9.17, 15) is 13.6 Å². The second kappa shape index (κ2) is 8.02. The second-order valence-electron chi connectivity index (χ2n) is 7.70. The van der Waals surface area contributed by atoms with Crippen molar-refractivity contribution in [2.24, 2.45) is 5.73 Å². The lowest BCUT2D eigenvalue weighted by Crippen LogP contribution is -2.30. The predicted octanol–water partition coefficient (Wildman–Crippen LogP) is 3.59. The molecule has 2 N–H and O–H groups in total. The molecule has 8 heteroatoms. The first-order valence-electron chi connectivity index (χ1n) is 9.83. The number of rotatable bonds is 6. The number of hydrogen-bond donors (Lipinski definition) is 1. The van der Waals surface area contributed by atoms with E-state index in [-0.39, 0.29) is 24.5 Å². The summed E-state index contributed by atoms with van der Waals surface area (Å²) in [5.74, 6) is -0.559. The van der Waals surface area contributed by atoms with E-state index in [1.807, 2.05) is 6.92 Å². The van der Waals surface area contributed by atoms with Crippen LogP contribution in [0.4, 0.5) is 8.78 Å². The van der Waals surface area contributed by atoms with Crippen LogP contribution in [0.1, 0.15) is 47.3 Å². The Morgan fingerprint density at radius 1 is 1.27 bits per heavy atom. The highest BCUT2D eigenvalue weighted by Gasteiger charge is 2.30. The van der Waals surface area contributed by atoms with E-state index in [0.29, 0.717) is 47.3 Å². The van der Waals surface area contributed by atoms with Crippen molar-refractivity contribution in [1.29, 1.82) is 0 Å². The van der Waals surface area contributed by atoms with Gasteiger partial charge in [0.1, 0.15) is 17.3 Å². The van der Waals surface area contributed by atoms with Crippen LogP contribution in [-0.2, 0) is 17.6 Å². The number of Topliss-reactive ketones (excluding diaryl/α,β-unsaturated/α-hetero) is 1. The van der Waals surface area contributed by atoms with Gasteiger partial charge < -0.3 is 10.2 Å². The van der Waals surface area contributed by atoms with Gasteiger partial charge in [0.25, 0.3) is 0 Å². The first-order valence-corrected chi connectivity index (χ1v) is 9.83. The lowest BCUT2D eigenvalue weighted by molar-refractivity contribution is -0.119. The Bertz CT molecular complexity index is 1110. The molecule has 0 saturated heterocycles. The van der Waals surface area contributed by atoms with Crippen molar-refractivity contribution in [3.05, 3.63) is 64.6 Å². The Labute approximate surface area is 172 Å². The third-order valence-electron chi connectivity index (χ3n) is 5.48. The van der Waals surface area contributed by atoms with Gasteiger partial charge in [0.15, 0.2) is 23.3 Å². The second-order valence-corrected chi connectivity index (χ2v) is 7.70. The van der Waals surface area contributed by atoms with E-state index in [1.54, 1.807) is 19.2 Å².